The van der Waals surface area contributed by atoms with Gasteiger partial charge in [-0.1, -0.05) is 29.8 Å². The van der Waals surface area contributed by atoms with Crippen LogP contribution in [0.2, 0.25) is 0 Å². The van der Waals surface area contributed by atoms with Crippen LogP contribution in [0, 0.1) is 6.92 Å². The van der Waals surface area contributed by atoms with E-state index in [-0.39, 0.29) is 18.2 Å². The Kier molecular flexibility index (Phi) is 4.08. The number of ether oxygens (including phenoxy) is 1. The van der Waals surface area contributed by atoms with Gasteiger partial charge in [0, 0.05) is 0 Å². The third kappa shape index (κ3) is 2.88. The molecule has 1 N–H and O–H groups in total. The number of methoxy groups -OCH3 is 1. The van der Waals surface area contributed by atoms with Crippen molar-refractivity contribution >= 4 is 17.9 Å². The van der Waals surface area contributed by atoms with Crippen molar-refractivity contribution in [3.8, 4) is 0 Å². The molecule has 1 unspecified atom stereocenters. The Morgan fingerprint density at radius 3 is 2.52 bits per heavy atom. The maximum atomic E-state index is 12.8. The topological polar surface area (TPSA) is 88.9 Å². The van der Waals surface area contributed by atoms with Crippen LogP contribution in [0.5, 0.6) is 0 Å². The van der Waals surface area contributed by atoms with Crippen LogP contribution < -0.4 is 5.32 Å². The zero-order valence-electron chi connectivity index (χ0n) is 14.2. The van der Waals surface area contributed by atoms with Crippen molar-refractivity contribution in [3.63, 3.8) is 0 Å². The summed E-state index contributed by atoms with van der Waals surface area (Å²) in [7, 11) is 1.25. The first-order valence-electron chi connectivity index (χ1n) is 7.73. The van der Waals surface area contributed by atoms with Gasteiger partial charge in [0.1, 0.15) is 11.3 Å². The minimum absolute atomic E-state index is 0.0193. The van der Waals surface area contributed by atoms with Gasteiger partial charge in [0.15, 0.2) is 0 Å². The molecule has 1 fully saturated rings. The Morgan fingerprint density at radius 1 is 1.20 bits per heavy atom. The first-order valence-corrected chi connectivity index (χ1v) is 7.73. The number of imide groups is 1. The number of benzene rings is 1. The summed E-state index contributed by atoms with van der Waals surface area (Å²) in [6.07, 6.45) is 0. The average molecular weight is 342 g/mol. The van der Waals surface area contributed by atoms with Gasteiger partial charge in [-0.25, -0.2) is 9.59 Å². The second kappa shape index (κ2) is 6.08. The lowest BCUT2D eigenvalue weighted by Gasteiger charge is -2.22. The monoisotopic (exact) mass is 342 g/mol. The Morgan fingerprint density at radius 2 is 1.88 bits per heavy atom. The van der Waals surface area contributed by atoms with Gasteiger partial charge in [0.2, 0.25) is 5.76 Å². The second-order valence-electron chi connectivity index (χ2n) is 6.07. The predicted molar refractivity (Wildman–Crippen MR) is 87.7 cm³/mol. The quantitative estimate of drug-likeness (QED) is 0.680. The molecule has 0 aliphatic carbocycles. The third-order valence-electron chi connectivity index (χ3n) is 4.27. The lowest BCUT2D eigenvalue weighted by molar-refractivity contribution is -0.131. The van der Waals surface area contributed by atoms with E-state index in [1.54, 1.807) is 6.92 Å². The number of carbonyl (C=O) groups is 3. The summed E-state index contributed by atoms with van der Waals surface area (Å²) in [5.74, 6) is -0.659. The number of amides is 3. The highest BCUT2D eigenvalue weighted by molar-refractivity contribution is 6.07. The van der Waals surface area contributed by atoms with Crippen LogP contribution in [0.1, 0.15) is 34.4 Å². The van der Waals surface area contributed by atoms with E-state index in [0.717, 1.165) is 10.5 Å². The number of furan rings is 1. The molecule has 1 atom stereocenters. The van der Waals surface area contributed by atoms with Crippen molar-refractivity contribution in [3.05, 3.63) is 59.0 Å². The van der Waals surface area contributed by atoms with Gasteiger partial charge in [-0.2, -0.15) is 0 Å². The lowest BCUT2D eigenvalue weighted by atomic mass is 9.91. The van der Waals surface area contributed by atoms with Crippen molar-refractivity contribution in [1.29, 1.82) is 0 Å². The molecule has 1 aromatic carbocycles. The third-order valence-corrected chi connectivity index (χ3v) is 4.27. The molecular weight excluding hydrogens is 324 g/mol. The number of rotatable bonds is 4. The second-order valence-corrected chi connectivity index (χ2v) is 6.07. The summed E-state index contributed by atoms with van der Waals surface area (Å²) in [6.45, 7) is 3.55. The zero-order valence-corrected chi connectivity index (χ0v) is 14.2. The van der Waals surface area contributed by atoms with Crippen LogP contribution in [-0.4, -0.2) is 29.9 Å². The molecule has 2 heterocycles. The number of nitrogens with zero attached hydrogens (tertiary/aromatic N) is 1. The van der Waals surface area contributed by atoms with Crippen LogP contribution in [0.25, 0.3) is 0 Å². The standard InChI is InChI=1S/C18H18N2O5/c1-11-4-6-12(7-5-11)18(2)16(22)20(17(23)19-18)10-13-8-9-14(25-13)15(21)24-3/h4-9H,10H2,1-3H3,(H,19,23). The van der Waals surface area contributed by atoms with Gasteiger partial charge in [-0.15, -0.1) is 0 Å². The molecule has 0 spiro atoms. The van der Waals surface area contributed by atoms with Crippen LogP contribution in [0.4, 0.5) is 4.79 Å². The molecule has 25 heavy (non-hydrogen) atoms. The largest absolute Gasteiger partial charge is 0.463 e. The summed E-state index contributed by atoms with van der Waals surface area (Å²) in [5.41, 5.74) is 0.628. The van der Waals surface area contributed by atoms with Crippen LogP contribution in [0.15, 0.2) is 40.8 Å². The van der Waals surface area contributed by atoms with Gasteiger partial charge in [-0.3, -0.25) is 9.69 Å². The van der Waals surface area contributed by atoms with Crippen LogP contribution >= 0.6 is 0 Å². The molecule has 1 aromatic heterocycles. The molecular formula is C18H18N2O5. The fourth-order valence-corrected chi connectivity index (χ4v) is 2.75. The fraction of sp³-hybridized carbons (Fsp3) is 0.278. The normalized spacial score (nSPS) is 19.9. The molecule has 130 valence electrons. The molecule has 3 rings (SSSR count). The molecule has 1 aliphatic heterocycles. The predicted octanol–water partition coefficient (Wildman–Crippen LogP) is 2.34. The summed E-state index contributed by atoms with van der Waals surface area (Å²) in [6, 6.07) is 9.88. The Balaban J connectivity index is 1.83. The summed E-state index contributed by atoms with van der Waals surface area (Å²) in [4.78, 5) is 37.6. The molecule has 0 bridgehead atoms. The number of esters is 1. The number of carbonyl (C=O) groups excluding carboxylic acids is 3. The molecule has 7 heteroatoms. The number of aryl methyl sites for hydroxylation is 1. The summed E-state index contributed by atoms with van der Waals surface area (Å²) in [5, 5.41) is 2.73. The van der Waals surface area contributed by atoms with E-state index in [2.05, 4.69) is 10.1 Å². The molecule has 0 radical (unpaired) electrons. The summed E-state index contributed by atoms with van der Waals surface area (Å²) >= 11 is 0. The Labute approximate surface area is 144 Å². The molecule has 1 saturated heterocycles. The maximum Gasteiger partial charge on any atom is 0.373 e. The van der Waals surface area contributed by atoms with Crippen LogP contribution in [-0.2, 0) is 21.6 Å². The molecule has 2 aromatic rings. The van der Waals surface area contributed by atoms with E-state index in [9.17, 15) is 14.4 Å². The highest BCUT2D eigenvalue weighted by Crippen LogP contribution is 2.30. The minimum atomic E-state index is -1.14. The van der Waals surface area contributed by atoms with E-state index in [4.69, 9.17) is 4.42 Å². The van der Waals surface area contributed by atoms with Gasteiger partial charge < -0.3 is 14.5 Å². The van der Waals surface area contributed by atoms with Gasteiger partial charge >= 0.3 is 12.0 Å². The van der Waals surface area contributed by atoms with Gasteiger partial charge in [0.05, 0.1) is 13.7 Å². The Hall–Kier alpha value is -3.09. The van der Waals surface area contributed by atoms with E-state index in [1.165, 1.54) is 19.2 Å². The van der Waals surface area contributed by atoms with Crippen molar-refractivity contribution in [1.82, 2.24) is 10.2 Å². The van der Waals surface area contributed by atoms with E-state index in [1.807, 2.05) is 31.2 Å². The number of nitrogens with one attached hydrogen (secondary N) is 1. The van der Waals surface area contributed by atoms with E-state index >= 15 is 0 Å². The van der Waals surface area contributed by atoms with Gasteiger partial charge in [-0.05, 0) is 31.5 Å². The fourth-order valence-electron chi connectivity index (χ4n) is 2.75. The van der Waals surface area contributed by atoms with Crippen molar-refractivity contribution in [2.75, 3.05) is 7.11 Å². The zero-order chi connectivity index (χ0) is 18.2. The van der Waals surface area contributed by atoms with E-state index < -0.39 is 17.5 Å². The molecule has 7 nitrogen and oxygen atoms in total. The van der Waals surface area contributed by atoms with Crippen molar-refractivity contribution < 1.29 is 23.5 Å². The molecule has 0 saturated carbocycles. The van der Waals surface area contributed by atoms with Gasteiger partial charge in [0.25, 0.3) is 5.91 Å². The minimum Gasteiger partial charge on any atom is -0.463 e. The highest BCUT2D eigenvalue weighted by Gasteiger charge is 2.49. The first kappa shape index (κ1) is 16.8. The van der Waals surface area contributed by atoms with E-state index in [0.29, 0.717) is 11.3 Å². The lowest BCUT2D eigenvalue weighted by Crippen LogP contribution is -2.40. The van der Waals surface area contributed by atoms with Crippen LogP contribution in [0.3, 0.4) is 0 Å². The SMILES string of the molecule is COC(=O)c1ccc(CN2C(=O)NC(C)(c3ccc(C)cc3)C2=O)o1. The molecule has 3 amide bonds. The number of urea groups is 1. The highest BCUT2D eigenvalue weighted by atomic mass is 16.5. The maximum absolute atomic E-state index is 12.8. The smallest absolute Gasteiger partial charge is 0.373 e. The first-order chi connectivity index (χ1) is 11.8. The number of hydrogen-bond acceptors (Lipinski definition) is 5. The van der Waals surface area contributed by atoms with Crippen molar-refractivity contribution in [2.45, 2.75) is 25.9 Å². The Bertz CT molecular complexity index is 839. The summed E-state index contributed by atoms with van der Waals surface area (Å²) < 4.78 is 9.91. The average Bonchev–Trinajstić information content (AvgIpc) is 3.14. The van der Waals surface area contributed by atoms with Crippen molar-refractivity contribution in [2.24, 2.45) is 0 Å². The molecule has 1 aliphatic rings. The number of hydrogen-bond donors (Lipinski definition) is 1.